The number of rotatable bonds is 5. The average molecular weight is 323 g/mol. The van der Waals surface area contributed by atoms with Gasteiger partial charge in [-0.15, -0.1) is 11.3 Å². The van der Waals surface area contributed by atoms with Gasteiger partial charge in [0, 0.05) is 16.3 Å². The maximum atomic E-state index is 10.8. The summed E-state index contributed by atoms with van der Waals surface area (Å²) in [6.45, 7) is 7.96. The molecule has 1 N–H and O–H groups in total. The molecule has 0 fully saturated rings. The molecule has 112 valence electrons. The lowest BCUT2D eigenvalue weighted by atomic mass is 10.1. The van der Waals surface area contributed by atoms with Crippen LogP contribution in [0.2, 0.25) is 0 Å². The summed E-state index contributed by atoms with van der Waals surface area (Å²) < 4.78 is 0.782. The zero-order valence-corrected chi connectivity index (χ0v) is 14.0. The van der Waals surface area contributed by atoms with Crippen LogP contribution in [0, 0.1) is 13.8 Å². The molecule has 0 unspecified atom stereocenters. The van der Waals surface area contributed by atoms with E-state index in [1.54, 1.807) is 0 Å². The second kappa shape index (κ2) is 6.53. The van der Waals surface area contributed by atoms with Crippen LogP contribution in [0.3, 0.4) is 0 Å². The van der Waals surface area contributed by atoms with E-state index in [2.05, 4.69) is 28.8 Å². The summed E-state index contributed by atoms with van der Waals surface area (Å²) in [5.74, 6) is -0.501. The molecule has 0 aliphatic carbocycles. The molecule has 0 saturated carbocycles. The summed E-state index contributed by atoms with van der Waals surface area (Å²) in [7, 11) is 0. The van der Waals surface area contributed by atoms with Crippen LogP contribution in [0.25, 0.3) is 0 Å². The van der Waals surface area contributed by atoms with E-state index in [-0.39, 0.29) is 6.42 Å². The lowest BCUT2D eigenvalue weighted by Gasteiger charge is -2.06. The first-order valence-electron chi connectivity index (χ1n) is 6.56. The third kappa shape index (κ3) is 4.25. The summed E-state index contributed by atoms with van der Waals surface area (Å²) >= 11 is 2.78. The minimum atomic E-state index is -0.841. The molecule has 2 aromatic heterocycles. The smallest absolute Gasteiger partial charge is 0.308 e. The van der Waals surface area contributed by atoms with Crippen molar-refractivity contribution in [2.75, 3.05) is 0 Å². The van der Waals surface area contributed by atoms with Crippen LogP contribution in [0.5, 0.6) is 0 Å². The Kier molecular flexibility index (Phi) is 4.95. The summed E-state index contributed by atoms with van der Waals surface area (Å²) in [6.07, 6.45) is 0.00990. The zero-order chi connectivity index (χ0) is 15.6. The van der Waals surface area contributed by atoms with Gasteiger partial charge < -0.3 is 5.11 Å². The Morgan fingerprint density at radius 3 is 2.67 bits per heavy atom. The fraction of sp³-hybridized carbons (Fsp3) is 0.429. The largest absolute Gasteiger partial charge is 0.481 e. The maximum Gasteiger partial charge on any atom is 0.308 e. The van der Waals surface area contributed by atoms with Gasteiger partial charge in [0.2, 0.25) is 0 Å². The number of aryl methyl sites for hydroxylation is 2. The van der Waals surface area contributed by atoms with E-state index in [0.29, 0.717) is 11.1 Å². The van der Waals surface area contributed by atoms with Gasteiger partial charge in [0.05, 0.1) is 12.1 Å². The van der Waals surface area contributed by atoms with Gasteiger partial charge in [-0.05, 0) is 37.6 Å². The average Bonchev–Trinajstić information content (AvgIpc) is 2.67. The lowest BCUT2D eigenvalue weighted by molar-refractivity contribution is -0.136. The number of nitrogens with zero attached hydrogens (tertiary/aromatic N) is 3. The number of carbonyl (C=O) groups is 1. The molecule has 0 saturated heterocycles. The number of carboxylic acids is 1. The fourth-order valence-corrected chi connectivity index (χ4v) is 3.88. The topological polar surface area (TPSA) is 76.0 Å². The highest BCUT2D eigenvalue weighted by molar-refractivity contribution is 8.00. The molecule has 0 aromatic carbocycles. The zero-order valence-electron chi connectivity index (χ0n) is 12.4. The third-order valence-corrected chi connectivity index (χ3v) is 4.89. The van der Waals surface area contributed by atoms with Crippen molar-refractivity contribution >= 4 is 29.1 Å². The molecule has 0 spiro atoms. The van der Waals surface area contributed by atoms with Gasteiger partial charge in [-0.2, -0.15) is 0 Å². The maximum absolute atomic E-state index is 10.8. The van der Waals surface area contributed by atoms with Crippen LogP contribution in [0.4, 0.5) is 0 Å². The highest BCUT2D eigenvalue weighted by Crippen LogP contribution is 2.32. The monoisotopic (exact) mass is 323 g/mol. The number of aromatic nitrogens is 3. The quantitative estimate of drug-likeness (QED) is 0.849. The van der Waals surface area contributed by atoms with Crippen LogP contribution in [-0.2, 0) is 11.2 Å². The Balaban J connectivity index is 2.24. The number of hydrogen-bond acceptors (Lipinski definition) is 6. The summed E-state index contributed by atoms with van der Waals surface area (Å²) in [5, 5.41) is 9.53. The van der Waals surface area contributed by atoms with E-state index in [1.165, 1.54) is 23.1 Å². The molecule has 7 heteroatoms. The summed E-state index contributed by atoms with van der Waals surface area (Å²) in [4.78, 5) is 24.9. The van der Waals surface area contributed by atoms with Crippen LogP contribution < -0.4 is 0 Å². The molecular formula is C14H17N3O2S2. The minimum absolute atomic E-state index is 0.00990. The number of carboxylic acid groups (broad SMARTS) is 1. The van der Waals surface area contributed by atoms with Crippen LogP contribution in [-0.4, -0.2) is 26.0 Å². The Morgan fingerprint density at radius 1 is 1.33 bits per heavy atom. The van der Waals surface area contributed by atoms with E-state index >= 15 is 0 Å². The van der Waals surface area contributed by atoms with Crippen molar-refractivity contribution in [3.05, 3.63) is 28.0 Å². The van der Waals surface area contributed by atoms with Crippen molar-refractivity contribution in [3.8, 4) is 0 Å². The number of hydrogen-bond donors (Lipinski definition) is 1. The minimum Gasteiger partial charge on any atom is -0.481 e. The van der Waals surface area contributed by atoms with Crippen molar-refractivity contribution in [2.24, 2.45) is 0 Å². The predicted molar refractivity (Wildman–Crippen MR) is 83.2 cm³/mol. The number of thiazole rings is 1. The highest BCUT2D eigenvalue weighted by atomic mass is 32.2. The summed E-state index contributed by atoms with van der Waals surface area (Å²) in [6, 6.07) is 1.98. The van der Waals surface area contributed by atoms with Gasteiger partial charge in [0.1, 0.15) is 0 Å². The van der Waals surface area contributed by atoms with Crippen LogP contribution in [0.1, 0.15) is 41.7 Å². The second-order valence-electron chi connectivity index (χ2n) is 5.03. The molecule has 5 nitrogen and oxygen atoms in total. The van der Waals surface area contributed by atoms with Gasteiger partial charge in [-0.3, -0.25) is 4.79 Å². The van der Waals surface area contributed by atoms with Crippen LogP contribution >= 0.6 is 23.1 Å². The first kappa shape index (κ1) is 15.9. The van der Waals surface area contributed by atoms with Crippen molar-refractivity contribution in [2.45, 2.75) is 49.5 Å². The molecule has 21 heavy (non-hydrogen) atoms. The molecule has 0 aliphatic rings. The van der Waals surface area contributed by atoms with Gasteiger partial charge in [0.15, 0.2) is 9.50 Å². The van der Waals surface area contributed by atoms with Crippen molar-refractivity contribution in [3.63, 3.8) is 0 Å². The van der Waals surface area contributed by atoms with E-state index in [9.17, 15) is 4.79 Å². The molecule has 0 aliphatic heterocycles. The Morgan fingerprint density at radius 2 is 2.05 bits per heavy atom. The second-order valence-corrected chi connectivity index (χ2v) is 7.33. The van der Waals surface area contributed by atoms with Gasteiger partial charge in [0.25, 0.3) is 0 Å². The van der Waals surface area contributed by atoms with E-state index < -0.39 is 5.97 Å². The SMILES string of the molecule is Cc1cc(C(C)C)nc(Sc2nc(C)c(CC(=O)O)s2)n1. The van der Waals surface area contributed by atoms with Crippen LogP contribution in [0.15, 0.2) is 15.6 Å². The Labute approximate surface area is 131 Å². The Hall–Kier alpha value is -1.47. The van der Waals surface area contributed by atoms with E-state index in [1.807, 2.05) is 19.9 Å². The molecule has 0 atom stereocenters. The Bertz CT molecular complexity index is 668. The molecule has 2 rings (SSSR count). The molecule has 0 amide bonds. The fourth-order valence-electron chi connectivity index (χ4n) is 1.73. The molecule has 0 radical (unpaired) electrons. The van der Waals surface area contributed by atoms with Crippen molar-refractivity contribution in [1.82, 2.24) is 15.0 Å². The van der Waals surface area contributed by atoms with Crippen molar-refractivity contribution in [1.29, 1.82) is 0 Å². The molecular weight excluding hydrogens is 306 g/mol. The van der Waals surface area contributed by atoms with Gasteiger partial charge in [-0.25, -0.2) is 15.0 Å². The third-order valence-electron chi connectivity index (χ3n) is 2.81. The first-order valence-corrected chi connectivity index (χ1v) is 8.20. The predicted octanol–water partition coefficient (Wildman–Crippen LogP) is 3.45. The first-order chi connectivity index (χ1) is 9.85. The lowest BCUT2D eigenvalue weighted by Crippen LogP contribution is -1.99. The molecule has 0 bridgehead atoms. The van der Waals surface area contributed by atoms with E-state index in [0.717, 1.165) is 26.3 Å². The van der Waals surface area contributed by atoms with Crippen molar-refractivity contribution < 1.29 is 9.90 Å². The molecule has 2 aromatic rings. The number of aliphatic carboxylic acids is 1. The standard InChI is InChI=1S/C14H17N3O2S2/c1-7(2)10-5-8(3)15-13(17-10)21-14-16-9(4)11(20-14)6-12(18)19/h5,7H,6H2,1-4H3,(H,18,19). The van der Waals surface area contributed by atoms with Gasteiger partial charge in [-0.1, -0.05) is 13.8 Å². The van der Waals surface area contributed by atoms with Gasteiger partial charge >= 0.3 is 5.97 Å². The normalized spacial score (nSPS) is 11.1. The molecule has 2 heterocycles. The summed E-state index contributed by atoms with van der Waals surface area (Å²) in [5.41, 5.74) is 2.70. The van der Waals surface area contributed by atoms with E-state index in [4.69, 9.17) is 5.11 Å². The highest BCUT2D eigenvalue weighted by Gasteiger charge is 2.14.